The molecule has 1 aliphatic heterocycles. The molecular weight excluding hydrogens is 288 g/mol. The second-order valence-corrected chi connectivity index (χ2v) is 6.58. The van der Waals surface area contributed by atoms with Crippen molar-refractivity contribution in [3.63, 3.8) is 0 Å². The molecule has 0 spiro atoms. The summed E-state index contributed by atoms with van der Waals surface area (Å²) in [5, 5.41) is 9.27. The van der Waals surface area contributed by atoms with Crippen LogP contribution in [-0.2, 0) is 9.59 Å². The van der Waals surface area contributed by atoms with Crippen molar-refractivity contribution in [1.29, 1.82) is 5.26 Å². The van der Waals surface area contributed by atoms with Gasteiger partial charge in [-0.1, -0.05) is 35.4 Å². The average Bonchev–Trinajstić information content (AvgIpc) is 3.18. The monoisotopic (exact) mass is 304 g/mol. The molecule has 3 aliphatic rings. The first kappa shape index (κ1) is 14.0. The second kappa shape index (κ2) is 4.66. The summed E-state index contributed by atoms with van der Waals surface area (Å²) in [6.07, 6.45) is 4.14. The Morgan fingerprint density at radius 2 is 1.61 bits per heavy atom. The summed E-state index contributed by atoms with van der Waals surface area (Å²) in [6, 6.07) is 8.87. The minimum Gasteiger partial charge on any atom is -0.274 e. The van der Waals surface area contributed by atoms with Gasteiger partial charge in [0.25, 0.3) is 0 Å². The summed E-state index contributed by atoms with van der Waals surface area (Å²) in [5.74, 6) is -0.892. The molecule has 4 heteroatoms. The number of hydrogen-bond acceptors (Lipinski definition) is 3. The van der Waals surface area contributed by atoms with Crippen molar-refractivity contribution >= 4 is 17.5 Å². The smallest absolute Gasteiger partial charge is 0.238 e. The second-order valence-electron chi connectivity index (χ2n) is 6.58. The molecule has 0 aromatic heterocycles. The highest BCUT2D eigenvalue weighted by Crippen LogP contribution is 2.57. The van der Waals surface area contributed by atoms with Gasteiger partial charge in [-0.25, -0.2) is 4.90 Å². The normalized spacial score (nSPS) is 30.8. The number of carbonyl (C=O) groups excluding carboxylic acids is 2. The molecule has 4 rings (SSSR count). The van der Waals surface area contributed by atoms with E-state index in [1.165, 1.54) is 16.0 Å². The van der Waals surface area contributed by atoms with Crippen molar-refractivity contribution in [3.05, 3.63) is 53.1 Å². The number of para-hydroxylation sites is 1. The SMILES string of the molecule is CC(C)=C1[C@H]2C=C[C@H]1[C@H]1C(=O)N(c3ccccc3C#N)C(=O)[C@@H]12. The highest BCUT2D eigenvalue weighted by molar-refractivity contribution is 6.23. The molecule has 23 heavy (non-hydrogen) atoms. The highest BCUT2D eigenvalue weighted by atomic mass is 16.2. The maximum Gasteiger partial charge on any atom is 0.238 e. The molecule has 114 valence electrons. The van der Waals surface area contributed by atoms with Crippen LogP contribution in [0.5, 0.6) is 0 Å². The molecule has 0 radical (unpaired) electrons. The number of imide groups is 1. The molecule has 4 atom stereocenters. The fourth-order valence-corrected chi connectivity index (χ4v) is 4.43. The molecule has 1 saturated carbocycles. The van der Waals surface area contributed by atoms with E-state index in [0.717, 1.165) is 0 Å². The first-order valence-electron chi connectivity index (χ1n) is 7.78. The number of carbonyl (C=O) groups is 2. The van der Waals surface area contributed by atoms with Gasteiger partial charge in [-0.2, -0.15) is 5.26 Å². The molecule has 1 saturated heterocycles. The maximum absolute atomic E-state index is 13.0. The van der Waals surface area contributed by atoms with Crippen molar-refractivity contribution in [3.8, 4) is 6.07 Å². The average molecular weight is 304 g/mol. The van der Waals surface area contributed by atoms with Crippen molar-refractivity contribution in [2.45, 2.75) is 13.8 Å². The first-order valence-corrected chi connectivity index (χ1v) is 7.78. The van der Waals surface area contributed by atoms with Gasteiger partial charge in [-0.15, -0.1) is 0 Å². The zero-order valence-electron chi connectivity index (χ0n) is 13.0. The lowest BCUT2D eigenvalue weighted by atomic mass is 9.85. The van der Waals surface area contributed by atoms with Gasteiger partial charge in [0.15, 0.2) is 0 Å². The Labute approximate surface area is 134 Å². The van der Waals surface area contributed by atoms with Crippen LogP contribution in [0.3, 0.4) is 0 Å². The van der Waals surface area contributed by atoms with Gasteiger partial charge in [-0.05, 0) is 26.0 Å². The lowest BCUT2D eigenvalue weighted by Crippen LogP contribution is -2.33. The van der Waals surface area contributed by atoms with Crippen LogP contribution in [-0.4, -0.2) is 11.8 Å². The number of allylic oxidation sites excluding steroid dienone is 4. The number of fused-ring (bicyclic) bond motifs is 5. The third-order valence-electron chi connectivity index (χ3n) is 5.26. The first-order chi connectivity index (χ1) is 11.1. The Kier molecular flexibility index (Phi) is 2.83. The van der Waals surface area contributed by atoms with Crippen LogP contribution in [0.4, 0.5) is 5.69 Å². The minimum atomic E-state index is -0.311. The number of benzene rings is 1. The Bertz CT molecular complexity index is 805. The Balaban J connectivity index is 1.81. The molecule has 2 amide bonds. The standard InChI is InChI=1S/C19H16N2O2/c1-10(2)15-12-7-8-13(15)17-16(12)18(22)21(19(17)23)14-6-4-3-5-11(14)9-20/h3-8,12-13,16-17H,1-2H3/t12-,13-,16-,17-/m1/s1. The summed E-state index contributed by atoms with van der Waals surface area (Å²) >= 11 is 0. The minimum absolute atomic E-state index is 0.0331. The predicted molar refractivity (Wildman–Crippen MR) is 85.1 cm³/mol. The molecular formula is C19H16N2O2. The summed E-state index contributed by atoms with van der Waals surface area (Å²) < 4.78 is 0. The van der Waals surface area contributed by atoms with Crippen molar-refractivity contribution in [2.24, 2.45) is 23.7 Å². The van der Waals surface area contributed by atoms with E-state index in [-0.39, 0.29) is 35.5 Å². The van der Waals surface area contributed by atoms with Crippen LogP contribution < -0.4 is 4.90 Å². The predicted octanol–water partition coefficient (Wildman–Crippen LogP) is 2.82. The Morgan fingerprint density at radius 3 is 2.13 bits per heavy atom. The third kappa shape index (κ3) is 1.65. The Hall–Kier alpha value is -2.67. The van der Waals surface area contributed by atoms with E-state index < -0.39 is 0 Å². The van der Waals surface area contributed by atoms with E-state index in [1.54, 1.807) is 24.3 Å². The molecule has 2 bridgehead atoms. The van der Waals surface area contributed by atoms with Crippen LogP contribution in [0.25, 0.3) is 0 Å². The van der Waals surface area contributed by atoms with Crippen LogP contribution in [0.1, 0.15) is 19.4 Å². The molecule has 0 N–H and O–H groups in total. The zero-order valence-corrected chi connectivity index (χ0v) is 13.0. The summed E-state index contributed by atoms with van der Waals surface area (Å²) in [6.45, 7) is 4.09. The largest absolute Gasteiger partial charge is 0.274 e. The molecule has 0 unspecified atom stereocenters. The van der Waals surface area contributed by atoms with Crippen LogP contribution >= 0.6 is 0 Å². The summed E-state index contributed by atoms with van der Waals surface area (Å²) in [4.78, 5) is 27.2. The number of rotatable bonds is 1. The van der Waals surface area contributed by atoms with E-state index in [9.17, 15) is 14.9 Å². The quantitative estimate of drug-likeness (QED) is 0.592. The van der Waals surface area contributed by atoms with E-state index >= 15 is 0 Å². The van der Waals surface area contributed by atoms with Crippen LogP contribution in [0, 0.1) is 35.0 Å². The summed E-state index contributed by atoms with van der Waals surface area (Å²) in [5.41, 5.74) is 3.20. The fourth-order valence-electron chi connectivity index (χ4n) is 4.43. The van der Waals surface area contributed by atoms with E-state index in [2.05, 4.69) is 18.2 Å². The number of nitrogens with zero attached hydrogens (tertiary/aromatic N) is 2. The van der Waals surface area contributed by atoms with Gasteiger partial charge < -0.3 is 0 Å². The Morgan fingerprint density at radius 1 is 1.04 bits per heavy atom. The van der Waals surface area contributed by atoms with Crippen LogP contribution in [0.2, 0.25) is 0 Å². The molecule has 2 aliphatic carbocycles. The number of nitriles is 1. The van der Waals surface area contributed by atoms with Gasteiger partial charge >= 0.3 is 0 Å². The maximum atomic E-state index is 13.0. The van der Waals surface area contributed by atoms with Crippen molar-refractivity contribution in [2.75, 3.05) is 4.90 Å². The van der Waals surface area contributed by atoms with Crippen LogP contribution in [0.15, 0.2) is 47.6 Å². The molecule has 1 aromatic rings. The topological polar surface area (TPSA) is 61.2 Å². The van der Waals surface area contributed by atoms with E-state index in [4.69, 9.17) is 0 Å². The number of hydrogen-bond donors (Lipinski definition) is 0. The van der Waals surface area contributed by atoms with Gasteiger partial charge in [0.2, 0.25) is 11.8 Å². The van der Waals surface area contributed by atoms with Gasteiger partial charge in [0.1, 0.15) is 6.07 Å². The van der Waals surface area contributed by atoms with Crippen molar-refractivity contribution < 1.29 is 9.59 Å². The zero-order chi connectivity index (χ0) is 16.3. The molecule has 4 nitrogen and oxygen atoms in total. The van der Waals surface area contributed by atoms with E-state index in [1.807, 2.05) is 13.8 Å². The molecule has 1 heterocycles. The van der Waals surface area contributed by atoms with Gasteiger partial charge in [0, 0.05) is 11.8 Å². The summed E-state index contributed by atoms with van der Waals surface area (Å²) in [7, 11) is 0. The lowest BCUT2D eigenvalue weighted by molar-refractivity contribution is -0.122. The third-order valence-corrected chi connectivity index (χ3v) is 5.26. The molecule has 2 fully saturated rings. The molecule has 1 aromatic carbocycles. The number of anilines is 1. The highest BCUT2D eigenvalue weighted by Gasteiger charge is 2.62. The van der Waals surface area contributed by atoms with Gasteiger partial charge in [-0.3, -0.25) is 9.59 Å². The number of amides is 2. The fraction of sp³-hybridized carbons (Fsp3) is 0.316. The van der Waals surface area contributed by atoms with Crippen molar-refractivity contribution in [1.82, 2.24) is 0 Å². The lowest BCUT2D eigenvalue weighted by Gasteiger charge is -2.20. The van der Waals surface area contributed by atoms with Gasteiger partial charge in [0.05, 0.1) is 23.1 Å². The van der Waals surface area contributed by atoms with E-state index in [0.29, 0.717) is 11.3 Å².